The smallest absolute Gasteiger partial charge is 0.326 e. The van der Waals surface area contributed by atoms with Gasteiger partial charge in [-0.25, -0.2) is 4.79 Å². The molecule has 1 aromatic rings. The Labute approximate surface area is 402 Å². The maximum absolute atomic E-state index is 13.9. The zero-order valence-electron chi connectivity index (χ0n) is 39.8. The largest absolute Gasteiger partial charge is 0.508 e. The Kier molecular flexibility index (Phi) is 24.9. The monoisotopic (exact) mass is 997 g/mol. The first-order valence-corrected chi connectivity index (χ1v) is 22.0. The lowest BCUT2D eigenvalue weighted by Gasteiger charge is -2.32. The van der Waals surface area contributed by atoms with Gasteiger partial charge in [0.2, 0.25) is 47.3 Å². The topological polar surface area (TPSA) is 452 Å². The van der Waals surface area contributed by atoms with Crippen LogP contribution in [0.5, 0.6) is 5.75 Å². The molecule has 0 fully saturated rings. The SMILES string of the molecule is CC[C@H](C)[C@H](NC(=O)[C@H](CO)NC(=O)[C@H](Cc1ccc(O)cc1)NC(=O)[C@H](CC(=O)O)NC(=O)[C@H](CO)NC(=O)[C@@H](N)[C@@H](C)O)C(=O)NC(C)(C)C(=O)N[C@@H](CC(C)C)C(=O)N[C@@H](CC(=O)O)C(=O)O. The number of nitrogens with one attached hydrogen (secondary N) is 8. The molecule has 0 unspecified atom stereocenters. The number of hydrogen-bond acceptors (Lipinski definition) is 16. The molecule has 0 saturated heterocycles. The first-order chi connectivity index (χ1) is 32.5. The van der Waals surface area contributed by atoms with Crippen LogP contribution in [0.25, 0.3) is 0 Å². The molecule has 27 heteroatoms. The summed E-state index contributed by atoms with van der Waals surface area (Å²) in [5.41, 5.74) is 4.02. The third kappa shape index (κ3) is 20.3. The molecule has 0 bridgehead atoms. The second-order valence-corrected chi connectivity index (χ2v) is 17.5. The average molecular weight is 998 g/mol. The van der Waals surface area contributed by atoms with E-state index in [0.29, 0.717) is 5.56 Å². The number of phenols is 1. The van der Waals surface area contributed by atoms with Crippen LogP contribution in [0.1, 0.15) is 79.7 Å². The van der Waals surface area contributed by atoms with Gasteiger partial charge in [0, 0.05) is 6.42 Å². The molecule has 27 nitrogen and oxygen atoms in total. The summed E-state index contributed by atoms with van der Waals surface area (Å²) < 4.78 is 0. The van der Waals surface area contributed by atoms with E-state index in [4.69, 9.17) is 10.8 Å². The zero-order chi connectivity index (χ0) is 53.8. The highest BCUT2D eigenvalue weighted by atomic mass is 16.4. The minimum atomic E-state index is -1.97. The highest BCUT2D eigenvalue weighted by Crippen LogP contribution is 2.15. The molecular weight excluding hydrogens is 931 g/mol. The second kappa shape index (κ2) is 28.5. The van der Waals surface area contributed by atoms with E-state index >= 15 is 0 Å². The molecule has 0 heterocycles. The number of carboxylic acids is 3. The van der Waals surface area contributed by atoms with Gasteiger partial charge in [0.1, 0.15) is 59.6 Å². The van der Waals surface area contributed by atoms with Crippen LogP contribution < -0.4 is 48.3 Å². The predicted octanol–water partition coefficient (Wildman–Crippen LogP) is -4.96. The molecular formula is C43H67N9O18. The van der Waals surface area contributed by atoms with Crippen LogP contribution in [0.3, 0.4) is 0 Å². The van der Waals surface area contributed by atoms with Crippen molar-refractivity contribution in [2.75, 3.05) is 13.2 Å². The molecule has 0 aliphatic heterocycles. The fraction of sp³-hybridized carbons (Fsp3) is 0.605. The molecule has 1 rings (SSSR count). The summed E-state index contributed by atoms with van der Waals surface area (Å²) in [5, 5.41) is 85.7. The lowest BCUT2D eigenvalue weighted by Crippen LogP contribution is -2.64. The van der Waals surface area contributed by atoms with Gasteiger partial charge >= 0.3 is 17.9 Å². The zero-order valence-corrected chi connectivity index (χ0v) is 39.8. The number of nitrogens with two attached hydrogens (primary N) is 1. The molecule has 0 radical (unpaired) electrons. The molecule has 1 aromatic carbocycles. The number of amides is 8. The molecule has 17 N–H and O–H groups in total. The molecule has 0 saturated carbocycles. The molecule has 0 spiro atoms. The highest BCUT2D eigenvalue weighted by Gasteiger charge is 2.39. The summed E-state index contributed by atoms with van der Waals surface area (Å²) >= 11 is 0. The Balaban J connectivity index is 3.41. The lowest BCUT2D eigenvalue weighted by atomic mass is 9.95. The van der Waals surface area contributed by atoms with E-state index < -0.39 is 164 Å². The van der Waals surface area contributed by atoms with Crippen LogP contribution in [-0.2, 0) is 59.2 Å². The van der Waals surface area contributed by atoms with Crippen molar-refractivity contribution in [2.45, 2.75) is 141 Å². The number of aromatic hydroxyl groups is 1. The van der Waals surface area contributed by atoms with Crippen molar-refractivity contribution in [3.8, 4) is 5.75 Å². The summed E-state index contributed by atoms with van der Waals surface area (Å²) in [5.74, 6) is -14.7. The summed E-state index contributed by atoms with van der Waals surface area (Å²) in [6.45, 7) is 8.13. The summed E-state index contributed by atoms with van der Waals surface area (Å²) in [4.78, 5) is 142. The molecule has 0 aromatic heterocycles. The molecule has 392 valence electrons. The van der Waals surface area contributed by atoms with Crippen molar-refractivity contribution in [1.29, 1.82) is 0 Å². The van der Waals surface area contributed by atoms with Gasteiger partial charge in [-0.15, -0.1) is 0 Å². The fourth-order valence-corrected chi connectivity index (χ4v) is 6.24. The van der Waals surface area contributed by atoms with E-state index in [1.807, 2.05) is 0 Å². The molecule has 70 heavy (non-hydrogen) atoms. The third-order valence-corrected chi connectivity index (χ3v) is 10.6. The highest BCUT2D eigenvalue weighted by molar-refractivity contribution is 5.99. The Bertz CT molecular complexity index is 2030. The number of benzene rings is 1. The Morgan fingerprint density at radius 3 is 1.49 bits per heavy atom. The van der Waals surface area contributed by atoms with E-state index in [1.54, 1.807) is 27.7 Å². The van der Waals surface area contributed by atoms with E-state index in [0.717, 1.165) is 0 Å². The number of aliphatic hydroxyl groups excluding tert-OH is 3. The van der Waals surface area contributed by atoms with E-state index in [9.17, 15) is 83.4 Å². The maximum atomic E-state index is 13.9. The summed E-state index contributed by atoms with van der Waals surface area (Å²) in [6, 6.07) is -8.34. The average Bonchev–Trinajstić information content (AvgIpc) is 3.27. The fourth-order valence-electron chi connectivity index (χ4n) is 6.24. The number of aliphatic hydroxyl groups is 3. The standard InChI is InChI=1S/C43H67N9O18/c1-8-20(4)33(40(67)52-43(6,7)42(70)50-24(13-19(2)3)34(61)47-27(41(68)69)16-31(59)60)51-38(65)29(18-54)48-35(62)25(14-22-9-11-23(56)12-10-22)45-36(63)26(15-30(57)58)46-37(64)28(17-53)49-39(66)32(44)21(5)55/h9-12,19-21,24-29,32-33,53-56H,8,13-18,44H2,1-7H3,(H,45,63)(H,46,64)(H,47,61)(H,48,62)(H,49,66)(H,50,70)(H,51,65)(H,52,67)(H,57,58)(H,59,60)(H,68,69)/t20-,21+,24-,25-,26-,27-,28-,29-,32-,33-/m0/s1. The van der Waals surface area contributed by atoms with Gasteiger partial charge in [0.25, 0.3) is 0 Å². The number of carbonyl (C=O) groups is 11. The molecule has 10 atom stereocenters. The van der Waals surface area contributed by atoms with Crippen molar-refractivity contribution in [3.63, 3.8) is 0 Å². The van der Waals surface area contributed by atoms with Crippen LogP contribution in [0.2, 0.25) is 0 Å². The number of carbonyl (C=O) groups excluding carboxylic acids is 8. The maximum Gasteiger partial charge on any atom is 0.326 e. The number of carboxylic acid groups (broad SMARTS) is 3. The van der Waals surface area contributed by atoms with Crippen LogP contribution in [0.4, 0.5) is 0 Å². The predicted molar refractivity (Wildman–Crippen MR) is 242 cm³/mol. The minimum absolute atomic E-state index is 0.0338. The molecule has 8 amide bonds. The number of phenolic OH excluding ortho intramolecular Hbond substituents is 1. The van der Waals surface area contributed by atoms with Crippen molar-refractivity contribution in [2.24, 2.45) is 17.6 Å². The van der Waals surface area contributed by atoms with Crippen molar-refractivity contribution >= 4 is 65.2 Å². The Morgan fingerprint density at radius 2 is 1.01 bits per heavy atom. The van der Waals surface area contributed by atoms with E-state index in [1.165, 1.54) is 45.0 Å². The van der Waals surface area contributed by atoms with E-state index in [-0.39, 0.29) is 24.5 Å². The first-order valence-electron chi connectivity index (χ1n) is 22.0. The van der Waals surface area contributed by atoms with Gasteiger partial charge in [0.05, 0.1) is 32.2 Å². The Morgan fingerprint density at radius 1 is 0.586 bits per heavy atom. The number of aliphatic carboxylic acids is 3. The van der Waals surface area contributed by atoms with Gasteiger partial charge in [-0.05, 0) is 56.7 Å². The number of hydrogen-bond donors (Lipinski definition) is 16. The van der Waals surface area contributed by atoms with E-state index in [2.05, 4.69) is 42.5 Å². The Hall–Kier alpha value is -6.97. The summed E-state index contributed by atoms with van der Waals surface area (Å²) in [6.07, 6.45) is -3.63. The normalized spacial score (nSPS) is 15.6. The minimum Gasteiger partial charge on any atom is -0.508 e. The van der Waals surface area contributed by atoms with Gasteiger partial charge in [-0.3, -0.25) is 47.9 Å². The van der Waals surface area contributed by atoms with Crippen LogP contribution in [0.15, 0.2) is 24.3 Å². The summed E-state index contributed by atoms with van der Waals surface area (Å²) in [7, 11) is 0. The van der Waals surface area contributed by atoms with Crippen molar-refractivity contribution < 1.29 is 88.5 Å². The van der Waals surface area contributed by atoms with Crippen LogP contribution >= 0.6 is 0 Å². The molecule has 0 aliphatic carbocycles. The first kappa shape index (κ1) is 61.0. The van der Waals surface area contributed by atoms with Crippen molar-refractivity contribution in [1.82, 2.24) is 42.5 Å². The van der Waals surface area contributed by atoms with Gasteiger partial charge in [-0.2, -0.15) is 0 Å². The second-order valence-electron chi connectivity index (χ2n) is 17.5. The van der Waals surface area contributed by atoms with Gasteiger partial charge in [-0.1, -0.05) is 46.2 Å². The van der Waals surface area contributed by atoms with Gasteiger partial charge in [0.15, 0.2) is 0 Å². The quantitative estimate of drug-likeness (QED) is 0.0343. The molecule has 0 aliphatic rings. The number of rotatable bonds is 30. The third-order valence-electron chi connectivity index (χ3n) is 10.6. The lowest BCUT2D eigenvalue weighted by molar-refractivity contribution is -0.147. The van der Waals surface area contributed by atoms with Gasteiger partial charge < -0.3 is 84.0 Å². The van der Waals surface area contributed by atoms with Crippen LogP contribution in [0, 0.1) is 11.8 Å². The van der Waals surface area contributed by atoms with Crippen LogP contribution in [-0.4, -0.2) is 174 Å². The van der Waals surface area contributed by atoms with Crippen molar-refractivity contribution in [3.05, 3.63) is 29.8 Å².